The Morgan fingerprint density at radius 2 is 2.33 bits per heavy atom. The molecule has 0 radical (unpaired) electrons. The average Bonchev–Trinajstić information content (AvgIpc) is 2.73. The van der Waals surface area contributed by atoms with E-state index in [1.807, 2.05) is 0 Å². The van der Waals surface area contributed by atoms with Gasteiger partial charge in [0.05, 0.1) is 6.54 Å². The van der Waals surface area contributed by atoms with Crippen LogP contribution in [0.15, 0.2) is 28.8 Å². The van der Waals surface area contributed by atoms with Crippen LogP contribution >= 0.6 is 11.6 Å². The quantitative estimate of drug-likeness (QED) is 0.894. The Balaban J connectivity index is 1.85. The van der Waals surface area contributed by atoms with E-state index in [0.29, 0.717) is 22.4 Å². The summed E-state index contributed by atoms with van der Waals surface area (Å²) in [4.78, 5) is 15.5. The zero-order chi connectivity index (χ0) is 13.0. The highest BCUT2D eigenvalue weighted by molar-refractivity contribution is 6.30. The summed E-state index contributed by atoms with van der Waals surface area (Å²) >= 11 is 5.80. The molecule has 0 aliphatic heterocycles. The van der Waals surface area contributed by atoms with Crippen molar-refractivity contribution in [1.29, 1.82) is 0 Å². The number of aromatic nitrogens is 2. The van der Waals surface area contributed by atoms with Gasteiger partial charge in [0.25, 0.3) is 0 Å². The Morgan fingerprint density at radius 3 is 3.00 bits per heavy atom. The van der Waals surface area contributed by atoms with Crippen molar-refractivity contribution in [3.8, 4) is 0 Å². The number of rotatable bonds is 3. The zero-order valence-corrected chi connectivity index (χ0v) is 10.4. The maximum Gasteiger partial charge on any atom is 0.319 e. The molecule has 94 valence electrons. The summed E-state index contributed by atoms with van der Waals surface area (Å²) in [5.74, 6) is 0.885. The van der Waals surface area contributed by atoms with Gasteiger partial charge in [-0.25, -0.2) is 4.79 Å². The summed E-state index contributed by atoms with van der Waals surface area (Å²) in [6.07, 6.45) is 0. The van der Waals surface area contributed by atoms with E-state index in [4.69, 9.17) is 16.1 Å². The van der Waals surface area contributed by atoms with E-state index in [0.717, 1.165) is 0 Å². The molecule has 1 heterocycles. The molecule has 0 bridgehead atoms. The van der Waals surface area contributed by atoms with Crippen LogP contribution < -0.4 is 10.6 Å². The molecule has 0 aliphatic rings. The number of hydrogen-bond acceptors (Lipinski definition) is 4. The van der Waals surface area contributed by atoms with Crippen LogP contribution in [0.4, 0.5) is 10.5 Å². The lowest BCUT2D eigenvalue weighted by Crippen LogP contribution is -2.28. The van der Waals surface area contributed by atoms with Gasteiger partial charge in [-0.05, 0) is 25.1 Å². The number of carbonyl (C=O) groups is 1. The molecule has 0 saturated carbocycles. The van der Waals surface area contributed by atoms with Crippen LogP contribution in [0.5, 0.6) is 0 Å². The molecule has 2 aromatic rings. The molecule has 1 aromatic heterocycles. The number of hydrogen-bond donors (Lipinski definition) is 2. The van der Waals surface area contributed by atoms with Crippen molar-refractivity contribution >= 4 is 23.3 Å². The van der Waals surface area contributed by atoms with Gasteiger partial charge < -0.3 is 15.2 Å². The van der Waals surface area contributed by atoms with Crippen molar-refractivity contribution < 1.29 is 9.32 Å². The highest BCUT2D eigenvalue weighted by atomic mass is 35.5. The lowest BCUT2D eigenvalue weighted by atomic mass is 10.3. The van der Waals surface area contributed by atoms with Gasteiger partial charge in [0, 0.05) is 10.7 Å². The molecule has 0 aliphatic carbocycles. The van der Waals surface area contributed by atoms with E-state index in [1.54, 1.807) is 31.2 Å². The second-order valence-electron chi connectivity index (χ2n) is 3.55. The average molecular weight is 267 g/mol. The first-order valence-corrected chi connectivity index (χ1v) is 5.61. The number of anilines is 1. The highest BCUT2D eigenvalue weighted by Crippen LogP contribution is 2.14. The van der Waals surface area contributed by atoms with Gasteiger partial charge in [0.2, 0.25) is 5.89 Å². The zero-order valence-electron chi connectivity index (χ0n) is 9.61. The molecular weight excluding hydrogens is 256 g/mol. The number of carbonyl (C=O) groups excluding carboxylic acids is 1. The summed E-state index contributed by atoms with van der Waals surface area (Å²) in [6, 6.07) is 6.50. The number of aryl methyl sites for hydroxylation is 1. The fourth-order valence-corrected chi connectivity index (χ4v) is 1.50. The van der Waals surface area contributed by atoms with Crippen molar-refractivity contribution in [2.24, 2.45) is 0 Å². The van der Waals surface area contributed by atoms with Crippen LogP contribution in [0.25, 0.3) is 0 Å². The first-order chi connectivity index (χ1) is 8.63. The molecule has 0 spiro atoms. The number of benzene rings is 1. The number of amides is 2. The molecule has 0 atom stereocenters. The van der Waals surface area contributed by atoms with Crippen molar-refractivity contribution in [2.45, 2.75) is 13.5 Å². The minimum atomic E-state index is -0.367. The molecular formula is C11H11ClN4O2. The number of urea groups is 1. The fourth-order valence-electron chi connectivity index (χ4n) is 1.31. The second-order valence-corrected chi connectivity index (χ2v) is 3.99. The molecule has 0 unspecified atom stereocenters. The summed E-state index contributed by atoms with van der Waals surface area (Å²) in [7, 11) is 0. The molecule has 0 fully saturated rings. The lowest BCUT2D eigenvalue weighted by Gasteiger charge is -2.05. The lowest BCUT2D eigenvalue weighted by molar-refractivity contribution is 0.249. The standard InChI is InChI=1S/C11H11ClN4O2/c1-7-14-10(18-16-7)6-13-11(17)15-9-4-2-3-8(12)5-9/h2-5H,6H2,1H3,(H2,13,15,17). The van der Waals surface area contributed by atoms with E-state index < -0.39 is 0 Å². The Hall–Kier alpha value is -2.08. The van der Waals surface area contributed by atoms with Gasteiger partial charge in [-0.3, -0.25) is 0 Å². The van der Waals surface area contributed by atoms with Crippen LogP contribution in [0.3, 0.4) is 0 Å². The van der Waals surface area contributed by atoms with Crippen molar-refractivity contribution in [3.63, 3.8) is 0 Å². The van der Waals surface area contributed by atoms with E-state index in [2.05, 4.69) is 20.8 Å². The summed E-state index contributed by atoms with van der Waals surface area (Å²) in [5, 5.41) is 9.40. The van der Waals surface area contributed by atoms with Crippen molar-refractivity contribution in [2.75, 3.05) is 5.32 Å². The van der Waals surface area contributed by atoms with Gasteiger partial charge in [-0.1, -0.05) is 22.8 Å². The number of nitrogens with one attached hydrogen (secondary N) is 2. The molecule has 1 aromatic carbocycles. The van der Waals surface area contributed by atoms with E-state index in [-0.39, 0.29) is 12.6 Å². The van der Waals surface area contributed by atoms with Crippen LogP contribution in [0, 0.1) is 6.92 Å². The SMILES string of the molecule is Cc1noc(CNC(=O)Nc2cccc(Cl)c2)n1. The third-order valence-electron chi connectivity index (χ3n) is 2.05. The first-order valence-electron chi connectivity index (χ1n) is 5.23. The minimum absolute atomic E-state index is 0.174. The Morgan fingerprint density at radius 1 is 1.50 bits per heavy atom. The maximum absolute atomic E-state index is 11.5. The first kappa shape index (κ1) is 12.4. The second kappa shape index (κ2) is 5.50. The molecule has 18 heavy (non-hydrogen) atoms. The fraction of sp³-hybridized carbons (Fsp3) is 0.182. The van der Waals surface area contributed by atoms with E-state index >= 15 is 0 Å². The Labute approximate surface area is 108 Å². The summed E-state index contributed by atoms with van der Waals surface area (Å²) in [5.41, 5.74) is 0.613. The third kappa shape index (κ3) is 3.46. The van der Waals surface area contributed by atoms with Crippen molar-refractivity contribution in [3.05, 3.63) is 41.0 Å². The minimum Gasteiger partial charge on any atom is -0.337 e. The Bertz CT molecular complexity index is 555. The molecule has 6 nitrogen and oxygen atoms in total. The summed E-state index contributed by atoms with van der Waals surface area (Å²) < 4.78 is 4.86. The predicted octanol–water partition coefficient (Wildman–Crippen LogP) is 2.35. The summed E-state index contributed by atoms with van der Waals surface area (Å²) in [6.45, 7) is 1.88. The Kier molecular flexibility index (Phi) is 3.78. The van der Waals surface area contributed by atoms with Crippen molar-refractivity contribution in [1.82, 2.24) is 15.5 Å². The molecule has 0 saturated heterocycles. The van der Waals surface area contributed by atoms with Crippen LogP contribution in [0.2, 0.25) is 5.02 Å². The van der Waals surface area contributed by atoms with Crippen LogP contribution in [-0.2, 0) is 6.54 Å². The predicted molar refractivity (Wildman–Crippen MR) is 66.3 cm³/mol. The number of nitrogens with zero attached hydrogens (tertiary/aromatic N) is 2. The topological polar surface area (TPSA) is 80.0 Å². The molecule has 2 rings (SSSR count). The maximum atomic E-state index is 11.5. The van der Waals surface area contributed by atoms with E-state index in [9.17, 15) is 4.79 Å². The van der Waals surface area contributed by atoms with Gasteiger partial charge in [0.1, 0.15) is 0 Å². The highest BCUT2D eigenvalue weighted by Gasteiger charge is 2.06. The van der Waals surface area contributed by atoms with E-state index in [1.165, 1.54) is 0 Å². The number of halogens is 1. The molecule has 7 heteroatoms. The van der Waals surface area contributed by atoms with Gasteiger partial charge >= 0.3 is 6.03 Å². The van der Waals surface area contributed by atoms with Gasteiger partial charge in [-0.2, -0.15) is 4.98 Å². The molecule has 2 amide bonds. The normalized spacial score (nSPS) is 10.1. The van der Waals surface area contributed by atoms with Crippen LogP contribution in [-0.4, -0.2) is 16.2 Å². The van der Waals surface area contributed by atoms with Gasteiger partial charge in [0.15, 0.2) is 5.82 Å². The smallest absolute Gasteiger partial charge is 0.319 e. The largest absolute Gasteiger partial charge is 0.337 e. The van der Waals surface area contributed by atoms with Crippen LogP contribution in [0.1, 0.15) is 11.7 Å². The van der Waals surface area contributed by atoms with Gasteiger partial charge in [-0.15, -0.1) is 0 Å². The third-order valence-corrected chi connectivity index (χ3v) is 2.29. The monoisotopic (exact) mass is 266 g/mol. The molecule has 2 N–H and O–H groups in total.